The lowest BCUT2D eigenvalue weighted by atomic mass is 10.2. The number of ether oxygens (including phenoxy) is 1. The maximum atomic E-state index is 5.89. The molecule has 3 heteroatoms. The Hall–Kier alpha value is -1.74. The molecular weight excluding hydrogens is 250 g/mol. The first-order chi connectivity index (χ1) is 9.76. The summed E-state index contributed by atoms with van der Waals surface area (Å²) in [7, 11) is 1.71. The average Bonchev–Trinajstić information content (AvgIpc) is 3.01. The summed E-state index contributed by atoms with van der Waals surface area (Å²) in [6, 6.07) is 12.5. The van der Waals surface area contributed by atoms with E-state index in [1.54, 1.807) is 7.11 Å². The molecule has 1 heterocycles. The molecule has 2 unspecified atom stereocenters. The third-order valence-corrected chi connectivity index (χ3v) is 3.86. The Morgan fingerprint density at radius 2 is 2.15 bits per heavy atom. The minimum atomic E-state index is 0.639. The van der Waals surface area contributed by atoms with Crippen LogP contribution >= 0.6 is 0 Å². The summed E-state index contributed by atoms with van der Waals surface area (Å²) in [5, 5.41) is 3.39. The van der Waals surface area contributed by atoms with Crippen LogP contribution in [0.5, 0.6) is 0 Å². The van der Waals surface area contributed by atoms with Gasteiger partial charge in [0, 0.05) is 18.7 Å². The van der Waals surface area contributed by atoms with Crippen molar-refractivity contribution >= 4 is 5.69 Å². The van der Waals surface area contributed by atoms with E-state index in [4.69, 9.17) is 9.15 Å². The van der Waals surface area contributed by atoms with E-state index < -0.39 is 0 Å². The lowest BCUT2D eigenvalue weighted by Gasteiger charge is -2.06. The Labute approximate surface area is 119 Å². The van der Waals surface area contributed by atoms with E-state index in [0.29, 0.717) is 12.5 Å². The Balaban J connectivity index is 1.58. The molecule has 106 valence electrons. The summed E-state index contributed by atoms with van der Waals surface area (Å²) in [6.07, 6.45) is 1.26. The zero-order chi connectivity index (χ0) is 13.9. The Morgan fingerprint density at radius 3 is 2.90 bits per heavy atom. The number of benzene rings is 1. The number of hydrogen-bond acceptors (Lipinski definition) is 3. The molecule has 1 saturated carbocycles. The van der Waals surface area contributed by atoms with Crippen molar-refractivity contribution < 1.29 is 9.15 Å². The third kappa shape index (κ3) is 3.05. The number of furan rings is 1. The van der Waals surface area contributed by atoms with E-state index in [1.165, 1.54) is 12.0 Å². The van der Waals surface area contributed by atoms with Crippen LogP contribution in [0.3, 0.4) is 0 Å². The number of hydrogen-bond donors (Lipinski definition) is 1. The van der Waals surface area contributed by atoms with E-state index in [2.05, 4.69) is 42.6 Å². The molecule has 1 aliphatic carbocycles. The van der Waals surface area contributed by atoms with Gasteiger partial charge in [0.1, 0.15) is 11.5 Å². The fourth-order valence-corrected chi connectivity index (χ4v) is 2.53. The van der Waals surface area contributed by atoms with Crippen LogP contribution in [0.15, 0.2) is 40.8 Å². The van der Waals surface area contributed by atoms with Gasteiger partial charge in [0.25, 0.3) is 0 Å². The van der Waals surface area contributed by atoms with Gasteiger partial charge in [-0.15, -0.1) is 0 Å². The van der Waals surface area contributed by atoms with Crippen molar-refractivity contribution in [1.82, 2.24) is 0 Å². The van der Waals surface area contributed by atoms with Gasteiger partial charge < -0.3 is 14.5 Å². The highest BCUT2D eigenvalue weighted by Gasteiger charge is 2.36. The first-order valence-corrected chi connectivity index (χ1v) is 7.16. The number of anilines is 1. The normalized spacial score (nSPS) is 20.9. The van der Waals surface area contributed by atoms with Gasteiger partial charge in [0.2, 0.25) is 0 Å². The van der Waals surface area contributed by atoms with Gasteiger partial charge in [-0.1, -0.05) is 19.1 Å². The largest absolute Gasteiger partial charge is 0.464 e. The summed E-state index contributed by atoms with van der Waals surface area (Å²) in [5.41, 5.74) is 2.27. The first-order valence-electron chi connectivity index (χ1n) is 7.16. The maximum absolute atomic E-state index is 5.89. The lowest BCUT2D eigenvalue weighted by Crippen LogP contribution is -1.99. The predicted octanol–water partition coefficient (Wildman–Crippen LogP) is 4.16. The molecule has 0 amide bonds. The molecule has 1 aromatic heterocycles. The molecule has 0 saturated heterocycles. The quantitative estimate of drug-likeness (QED) is 0.856. The SMILES string of the molecule is COCc1cccc(NCc2ccc(C3CC3C)o2)c1. The van der Waals surface area contributed by atoms with Gasteiger partial charge in [-0.05, 0) is 42.2 Å². The topological polar surface area (TPSA) is 34.4 Å². The van der Waals surface area contributed by atoms with Crippen molar-refractivity contribution in [2.24, 2.45) is 5.92 Å². The number of nitrogens with one attached hydrogen (secondary N) is 1. The average molecular weight is 271 g/mol. The molecule has 0 bridgehead atoms. The van der Waals surface area contributed by atoms with E-state index >= 15 is 0 Å². The molecule has 0 spiro atoms. The van der Waals surface area contributed by atoms with Crippen LogP contribution in [-0.4, -0.2) is 7.11 Å². The summed E-state index contributed by atoms with van der Waals surface area (Å²) >= 11 is 0. The number of rotatable bonds is 6. The van der Waals surface area contributed by atoms with Crippen LogP contribution in [0, 0.1) is 5.92 Å². The van der Waals surface area contributed by atoms with Crippen molar-refractivity contribution in [3.8, 4) is 0 Å². The van der Waals surface area contributed by atoms with E-state index in [0.717, 1.165) is 29.7 Å². The van der Waals surface area contributed by atoms with Crippen molar-refractivity contribution in [2.75, 3.05) is 12.4 Å². The first kappa shape index (κ1) is 13.3. The van der Waals surface area contributed by atoms with E-state index in [9.17, 15) is 0 Å². The van der Waals surface area contributed by atoms with Gasteiger partial charge in [-0.3, -0.25) is 0 Å². The zero-order valence-electron chi connectivity index (χ0n) is 12.1. The van der Waals surface area contributed by atoms with Crippen molar-refractivity contribution in [1.29, 1.82) is 0 Å². The number of methoxy groups -OCH3 is 1. The Bertz CT molecular complexity index is 576. The highest BCUT2D eigenvalue weighted by molar-refractivity contribution is 5.45. The van der Waals surface area contributed by atoms with Crippen molar-refractivity contribution in [3.63, 3.8) is 0 Å². The Kier molecular flexibility index (Phi) is 3.79. The third-order valence-electron chi connectivity index (χ3n) is 3.86. The minimum absolute atomic E-state index is 0.639. The summed E-state index contributed by atoms with van der Waals surface area (Å²) in [4.78, 5) is 0. The molecule has 20 heavy (non-hydrogen) atoms. The second-order valence-electron chi connectivity index (χ2n) is 5.61. The van der Waals surface area contributed by atoms with Crippen molar-refractivity contribution in [3.05, 3.63) is 53.5 Å². The van der Waals surface area contributed by atoms with Crippen LogP contribution in [0.25, 0.3) is 0 Å². The van der Waals surface area contributed by atoms with Gasteiger partial charge in [0.15, 0.2) is 0 Å². The molecule has 0 radical (unpaired) electrons. The van der Waals surface area contributed by atoms with Crippen LogP contribution in [0.2, 0.25) is 0 Å². The standard InChI is InChI=1S/C17H21NO2/c1-12-8-16(12)17-7-6-15(20-17)10-18-14-5-3-4-13(9-14)11-19-2/h3-7,9,12,16,18H,8,10-11H2,1-2H3. The van der Waals surface area contributed by atoms with Gasteiger partial charge in [0.05, 0.1) is 13.2 Å². The monoisotopic (exact) mass is 271 g/mol. The molecule has 3 rings (SSSR count). The summed E-state index contributed by atoms with van der Waals surface area (Å²) in [6.45, 7) is 3.63. The molecule has 2 aromatic rings. The molecule has 1 aliphatic rings. The van der Waals surface area contributed by atoms with Gasteiger partial charge >= 0.3 is 0 Å². The minimum Gasteiger partial charge on any atom is -0.464 e. The van der Waals surface area contributed by atoms with Crippen LogP contribution in [0.4, 0.5) is 5.69 Å². The second-order valence-corrected chi connectivity index (χ2v) is 5.61. The van der Waals surface area contributed by atoms with Crippen LogP contribution in [-0.2, 0) is 17.9 Å². The summed E-state index contributed by atoms with van der Waals surface area (Å²) in [5.74, 6) is 3.57. The molecule has 1 N–H and O–H groups in total. The smallest absolute Gasteiger partial charge is 0.123 e. The molecule has 2 atom stereocenters. The van der Waals surface area contributed by atoms with Crippen LogP contribution in [0.1, 0.15) is 36.3 Å². The van der Waals surface area contributed by atoms with Crippen LogP contribution < -0.4 is 5.32 Å². The van der Waals surface area contributed by atoms with Crippen molar-refractivity contribution in [2.45, 2.75) is 32.4 Å². The van der Waals surface area contributed by atoms with Gasteiger partial charge in [-0.2, -0.15) is 0 Å². The fraction of sp³-hybridized carbons (Fsp3) is 0.412. The molecule has 3 nitrogen and oxygen atoms in total. The van der Waals surface area contributed by atoms with E-state index in [1.807, 2.05) is 6.07 Å². The molecule has 1 aromatic carbocycles. The zero-order valence-corrected chi connectivity index (χ0v) is 12.1. The summed E-state index contributed by atoms with van der Waals surface area (Å²) < 4.78 is 11.0. The van der Waals surface area contributed by atoms with E-state index in [-0.39, 0.29) is 0 Å². The molecule has 0 aliphatic heterocycles. The van der Waals surface area contributed by atoms with Gasteiger partial charge in [-0.25, -0.2) is 0 Å². The Morgan fingerprint density at radius 1 is 1.30 bits per heavy atom. The molecule has 1 fully saturated rings. The molecular formula is C17H21NO2. The highest BCUT2D eigenvalue weighted by atomic mass is 16.5. The lowest BCUT2D eigenvalue weighted by molar-refractivity contribution is 0.185. The predicted molar refractivity (Wildman–Crippen MR) is 79.7 cm³/mol. The highest BCUT2D eigenvalue weighted by Crippen LogP contribution is 2.47. The second kappa shape index (κ2) is 5.71. The fourth-order valence-electron chi connectivity index (χ4n) is 2.53. The maximum Gasteiger partial charge on any atom is 0.123 e.